The van der Waals surface area contributed by atoms with Gasteiger partial charge in [0.15, 0.2) is 6.61 Å². The van der Waals surface area contributed by atoms with Gasteiger partial charge in [-0.15, -0.1) is 0 Å². The minimum atomic E-state index is -0.225. The van der Waals surface area contributed by atoms with Crippen molar-refractivity contribution < 1.29 is 13.9 Å². The number of hydrogen-bond donors (Lipinski definition) is 1. The van der Waals surface area contributed by atoms with Crippen molar-refractivity contribution in [3.63, 3.8) is 0 Å². The average Bonchev–Trinajstić information content (AvgIpc) is 2.82. The Kier molecular flexibility index (Phi) is 7.47. The number of anilines is 2. The van der Waals surface area contributed by atoms with Crippen LogP contribution in [0.4, 0.5) is 15.8 Å². The summed E-state index contributed by atoms with van der Waals surface area (Å²) in [6, 6.07) is 20.0. The number of benzene rings is 3. The number of amides is 1. The number of aryl methyl sites for hydroxylation is 1. The largest absolute Gasteiger partial charge is 0.484 e. The van der Waals surface area contributed by atoms with E-state index in [0.717, 1.165) is 48.7 Å². The predicted octanol–water partition coefficient (Wildman–Crippen LogP) is 5.13. The summed E-state index contributed by atoms with van der Waals surface area (Å²) in [6.45, 7) is 5.92. The van der Waals surface area contributed by atoms with E-state index in [0.29, 0.717) is 17.3 Å². The Labute approximate surface area is 198 Å². The topological polar surface area (TPSA) is 44.8 Å². The lowest BCUT2D eigenvalue weighted by atomic mass is 10.1. The highest BCUT2D eigenvalue weighted by atomic mass is 35.5. The summed E-state index contributed by atoms with van der Waals surface area (Å²) in [5.74, 6) is 0.236. The van der Waals surface area contributed by atoms with Gasteiger partial charge in [0.2, 0.25) is 0 Å². The monoisotopic (exact) mass is 467 g/mol. The smallest absolute Gasteiger partial charge is 0.262 e. The molecule has 5 nitrogen and oxygen atoms in total. The Morgan fingerprint density at radius 3 is 2.45 bits per heavy atom. The molecule has 3 aromatic carbocycles. The van der Waals surface area contributed by atoms with Crippen molar-refractivity contribution in [2.24, 2.45) is 0 Å². The molecule has 172 valence electrons. The van der Waals surface area contributed by atoms with E-state index in [9.17, 15) is 9.18 Å². The lowest BCUT2D eigenvalue weighted by Gasteiger charge is -2.36. The van der Waals surface area contributed by atoms with Crippen molar-refractivity contribution in [2.75, 3.05) is 43.0 Å². The van der Waals surface area contributed by atoms with Gasteiger partial charge in [-0.3, -0.25) is 9.69 Å². The molecule has 0 radical (unpaired) electrons. The summed E-state index contributed by atoms with van der Waals surface area (Å²) in [6.07, 6.45) is 0. The normalized spacial score (nSPS) is 14.2. The number of carbonyl (C=O) groups is 1. The fourth-order valence-electron chi connectivity index (χ4n) is 3.84. The third-order valence-electron chi connectivity index (χ3n) is 5.74. The molecular formula is C26H27ClFN3O2. The maximum Gasteiger partial charge on any atom is 0.262 e. The fourth-order valence-corrected chi connectivity index (χ4v) is 3.96. The van der Waals surface area contributed by atoms with Crippen LogP contribution in [0.25, 0.3) is 0 Å². The molecule has 7 heteroatoms. The first-order chi connectivity index (χ1) is 16.0. The number of piperazine rings is 1. The second kappa shape index (κ2) is 10.7. The molecule has 1 amide bonds. The Hall–Kier alpha value is -3.09. The van der Waals surface area contributed by atoms with Crippen molar-refractivity contribution in [1.29, 1.82) is 0 Å². The van der Waals surface area contributed by atoms with Crippen molar-refractivity contribution in [3.05, 3.63) is 88.7 Å². The second-order valence-electron chi connectivity index (χ2n) is 8.15. The second-order valence-corrected chi connectivity index (χ2v) is 8.56. The van der Waals surface area contributed by atoms with E-state index in [1.54, 1.807) is 24.3 Å². The Morgan fingerprint density at radius 1 is 1.03 bits per heavy atom. The molecule has 0 spiro atoms. The first-order valence-corrected chi connectivity index (χ1v) is 11.4. The van der Waals surface area contributed by atoms with Crippen molar-refractivity contribution >= 4 is 28.9 Å². The molecule has 0 unspecified atom stereocenters. The molecule has 1 N–H and O–H groups in total. The van der Waals surface area contributed by atoms with Crippen LogP contribution < -0.4 is 15.0 Å². The molecular weight excluding hydrogens is 441 g/mol. The van der Waals surface area contributed by atoms with Gasteiger partial charge >= 0.3 is 0 Å². The van der Waals surface area contributed by atoms with Gasteiger partial charge in [0, 0.05) is 54.7 Å². The van der Waals surface area contributed by atoms with Crippen LogP contribution in [-0.2, 0) is 11.3 Å². The van der Waals surface area contributed by atoms with Gasteiger partial charge in [0.1, 0.15) is 11.6 Å². The maximum absolute atomic E-state index is 13.9. The highest BCUT2D eigenvalue weighted by Gasteiger charge is 2.18. The van der Waals surface area contributed by atoms with Crippen LogP contribution in [0.1, 0.15) is 11.1 Å². The molecule has 1 aliphatic heterocycles. The standard InChI is InChI=1S/C26H27ClFN3O2/c1-19-16-23(10-11-24(19)27)33-18-26(32)29-21-6-8-22(9-7-21)31-14-12-30(13-15-31)17-20-4-2-3-5-25(20)28/h2-11,16H,12-15,17-18H2,1H3,(H,29,32). The van der Waals surface area contributed by atoms with E-state index in [1.807, 2.05) is 43.3 Å². The summed E-state index contributed by atoms with van der Waals surface area (Å²) in [5.41, 5.74) is 3.46. The van der Waals surface area contributed by atoms with Gasteiger partial charge in [-0.25, -0.2) is 4.39 Å². The summed E-state index contributed by atoms with van der Waals surface area (Å²) < 4.78 is 19.4. The van der Waals surface area contributed by atoms with E-state index in [-0.39, 0.29) is 18.3 Å². The minimum absolute atomic E-state index is 0.0766. The van der Waals surface area contributed by atoms with E-state index < -0.39 is 0 Å². The van der Waals surface area contributed by atoms with Crippen molar-refractivity contribution in [2.45, 2.75) is 13.5 Å². The third-order valence-corrected chi connectivity index (χ3v) is 6.16. The van der Waals surface area contributed by atoms with Crippen LogP contribution in [0.15, 0.2) is 66.7 Å². The van der Waals surface area contributed by atoms with Crippen LogP contribution in [0.5, 0.6) is 5.75 Å². The number of ether oxygens (including phenoxy) is 1. The maximum atomic E-state index is 13.9. The van der Waals surface area contributed by atoms with Crippen molar-refractivity contribution in [1.82, 2.24) is 4.90 Å². The molecule has 1 fully saturated rings. The highest BCUT2D eigenvalue weighted by Crippen LogP contribution is 2.22. The van der Waals surface area contributed by atoms with E-state index in [4.69, 9.17) is 16.3 Å². The van der Waals surface area contributed by atoms with Crippen LogP contribution >= 0.6 is 11.6 Å². The van der Waals surface area contributed by atoms with Gasteiger partial charge in [0.05, 0.1) is 0 Å². The van der Waals surface area contributed by atoms with Gasteiger partial charge in [-0.2, -0.15) is 0 Å². The first kappa shape index (κ1) is 23.1. The van der Waals surface area contributed by atoms with Gasteiger partial charge < -0.3 is 15.0 Å². The number of halogens is 2. The van der Waals surface area contributed by atoms with Crippen molar-refractivity contribution in [3.8, 4) is 5.75 Å². The number of nitrogens with one attached hydrogen (secondary N) is 1. The molecule has 3 aromatic rings. The zero-order valence-electron chi connectivity index (χ0n) is 18.6. The average molecular weight is 468 g/mol. The molecule has 33 heavy (non-hydrogen) atoms. The zero-order chi connectivity index (χ0) is 23.2. The molecule has 0 bridgehead atoms. The van der Waals surface area contributed by atoms with Crippen LogP contribution in [0, 0.1) is 12.7 Å². The van der Waals surface area contributed by atoms with E-state index in [1.165, 1.54) is 6.07 Å². The molecule has 0 aliphatic carbocycles. The Morgan fingerprint density at radius 2 is 1.76 bits per heavy atom. The quantitative estimate of drug-likeness (QED) is 0.523. The number of carbonyl (C=O) groups excluding carboxylic acids is 1. The molecule has 1 heterocycles. The van der Waals surface area contributed by atoms with Crippen LogP contribution in [-0.4, -0.2) is 43.6 Å². The molecule has 4 rings (SSSR count). The molecule has 1 aliphatic rings. The lowest BCUT2D eigenvalue weighted by Crippen LogP contribution is -2.46. The molecule has 1 saturated heterocycles. The predicted molar refractivity (Wildman–Crippen MR) is 131 cm³/mol. The minimum Gasteiger partial charge on any atom is -0.484 e. The van der Waals surface area contributed by atoms with Crippen LogP contribution in [0.3, 0.4) is 0 Å². The zero-order valence-corrected chi connectivity index (χ0v) is 19.3. The number of nitrogens with zero attached hydrogens (tertiary/aromatic N) is 2. The summed E-state index contributed by atoms with van der Waals surface area (Å²) in [7, 11) is 0. The summed E-state index contributed by atoms with van der Waals surface area (Å²) in [4.78, 5) is 16.8. The van der Waals surface area contributed by atoms with Gasteiger partial charge in [-0.05, 0) is 61.0 Å². The van der Waals surface area contributed by atoms with E-state index >= 15 is 0 Å². The summed E-state index contributed by atoms with van der Waals surface area (Å²) in [5, 5.41) is 3.52. The SMILES string of the molecule is Cc1cc(OCC(=O)Nc2ccc(N3CCN(Cc4ccccc4F)CC3)cc2)ccc1Cl. The van der Waals surface area contributed by atoms with Crippen LogP contribution in [0.2, 0.25) is 5.02 Å². The third kappa shape index (κ3) is 6.24. The number of hydrogen-bond acceptors (Lipinski definition) is 4. The Bertz CT molecular complexity index is 1100. The Balaban J connectivity index is 1.24. The molecule has 0 saturated carbocycles. The first-order valence-electron chi connectivity index (χ1n) is 11.0. The van der Waals surface area contributed by atoms with Gasteiger partial charge in [0.25, 0.3) is 5.91 Å². The fraction of sp³-hybridized carbons (Fsp3) is 0.269. The molecule has 0 aromatic heterocycles. The molecule has 0 atom stereocenters. The van der Waals surface area contributed by atoms with E-state index in [2.05, 4.69) is 15.1 Å². The number of rotatable bonds is 7. The van der Waals surface area contributed by atoms with Gasteiger partial charge in [-0.1, -0.05) is 29.8 Å². The highest BCUT2D eigenvalue weighted by molar-refractivity contribution is 6.31. The summed E-state index contributed by atoms with van der Waals surface area (Å²) >= 11 is 6.01. The lowest BCUT2D eigenvalue weighted by molar-refractivity contribution is -0.118.